The molecule has 0 radical (unpaired) electrons. The van der Waals surface area contributed by atoms with E-state index in [1.165, 1.54) is 32.2 Å². The Morgan fingerprint density at radius 2 is 1.57 bits per heavy atom. The third-order valence-corrected chi connectivity index (χ3v) is 9.31. The Kier molecular flexibility index (Phi) is 10.7. The summed E-state index contributed by atoms with van der Waals surface area (Å²) in [5.74, 6) is -0.686. The molecule has 0 spiro atoms. The maximum Gasteiger partial charge on any atom is 0.416 e. The summed E-state index contributed by atoms with van der Waals surface area (Å²) in [7, 11) is 0. The van der Waals surface area contributed by atoms with Gasteiger partial charge in [0, 0.05) is 25.1 Å². The van der Waals surface area contributed by atoms with E-state index in [9.17, 15) is 40.3 Å². The van der Waals surface area contributed by atoms with Gasteiger partial charge in [0.15, 0.2) is 5.78 Å². The number of nitrogens with one attached hydrogen (secondary N) is 1. The summed E-state index contributed by atoms with van der Waals surface area (Å²) >= 11 is 0. The van der Waals surface area contributed by atoms with Gasteiger partial charge in [0.2, 0.25) is 0 Å². The summed E-state index contributed by atoms with van der Waals surface area (Å²) in [6, 6.07) is 7.17. The van der Waals surface area contributed by atoms with Crippen molar-refractivity contribution >= 4 is 23.3 Å². The minimum absolute atomic E-state index is 0.0246. The number of aromatic nitrogens is 1. The van der Waals surface area contributed by atoms with Gasteiger partial charge in [-0.1, -0.05) is 19.9 Å². The summed E-state index contributed by atoms with van der Waals surface area (Å²) in [6.45, 7) is 11.2. The molecule has 0 aliphatic carbocycles. The van der Waals surface area contributed by atoms with E-state index in [1.807, 2.05) is 0 Å². The van der Waals surface area contributed by atoms with E-state index >= 15 is 0 Å². The van der Waals surface area contributed by atoms with Crippen molar-refractivity contribution in [2.75, 3.05) is 36.5 Å². The van der Waals surface area contributed by atoms with Gasteiger partial charge in [0.1, 0.15) is 11.6 Å². The number of anilines is 2. The van der Waals surface area contributed by atoms with Gasteiger partial charge in [-0.25, -0.2) is 9.37 Å². The van der Waals surface area contributed by atoms with Crippen molar-refractivity contribution in [3.8, 4) is 11.1 Å². The topological polar surface area (TPSA) is 71.5 Å². The number of carbonyl (C=O) groups is 2. The van der Waals surface area contributed by atoms with Crippen LogP contribution in [-0.4, -0.2) is 43.0 Å². The number of Topliss-reactive ketones (excluding diaryl/α,β-unsaturated/α-hetero) is 1. The second-order valence-electron chi connectivity index (χ2n) is 13.6. The van der Waals surface area contributed by atoms with Crippen molar-refractivity contribution in [3.05, 3.63) is 76.7 Å². The number of hydrogen-bond acceptors (Lipinski definition) is 6. The van der Waals surface area contributed by atoms with Crippen molar-refractivity contribution < 1.29 is 45.1 Å². The zero-order chi connectivity index (χ0) is 36.5. The number of hydrogen-bond donors (Lipinski definition) is 1. The third kappa shape index (κ3) is 8.72. The van der Waals surface area contributed by atoms with Crippen molar-refractivity contribution in [1.82, 2.24) is 4.98 Å². The first-order valence-electron chi connectivity index (χ1n) is 15.9. The number of benzene rings is 2. The molecule has 266 valence electrons. The van der Waals surface area contributed by atoms with Crippen molar-refractivity contribution in [1.29, 1.82) is 0 Å². The molecule has 1 fully saturated rings. The Bertz CT molecular complexity index is 1670. The van der Waals surface area contributed by atoms with Crippen LogP contribution in [0.4, 0.5) is 42.2 Å². The van der Waals surface area contributed by atoms with E-state index in [1.54, 1.807) is 26.0 Å². The van der Waals surface area contributed by atoms with Crippen LogP contribution in [0, 0.1) is 24.1 Å². The number of ether oxygens (including phenoxy) is 1. The standard InChI is InChI=1S/C36H40F7N3O3/c1-7-49-32(48)16-22-10-11-46(20-33(22,3)4)31-17-28(27-9-8-26(37)12-21(27)2)29(18-45-31)44-19-30(47)34(5,6)23-13-24(35(38,39)40)15-25(14-23)36(41,42)43/h8-9,12-15,17-18,22,44H,7,10-11,16,19-20H2,1-6H3. The maximum absolute atomic E-state index is 14.1. The first-order valence-corrected chi connectivity index (χ1v) is 15.9. The fourth-order valence-electron chi connectivity index (χ4n) is 6.18. The lowest BCUT2D eigenvalue weighted by Gasteiger charge is -2.44. The molecule has 1 saturated heterocycles. The molecule has 0 saturated carbocycles. The molecule has 13 heteroatoms. The van der Waals surface area contributed by atoms with Crippen LogP contribution in [0.5, 0.6) is 0 Å². The van der Waals surface area contributed by atoms with Crippen LogP contribution >= 0.6 is 0 Å². The van der Waals surface area contributed by atoms with Crippen molar-refractivity contribution in [3.63, 3.8) is 0 Å². The molecule has 4 rings (SSSR count). The highest BCUT2D eigenvalue weighted by atomic mass is 19.4. The smallest absolute Gasteiger partial charge is 0.416 e. The molecule has 0 amide bonds. The van der Waals surface area contributed by atoms with Gasteiger partial charge in [0.25, 0.3) is 0 Å². The number of alkyl halides is 6. The second-order valence-corrected chi connectivity index (χ2v) is 13.6. The second kappa shape index (κ2) is 14.0. The fourth-order valence-corrected chi connectivity index (χ4v) is 6.18. The van der Waals surface area contributed by atoms with E-state index in [4.69, 9.17) is 4.74 Å². The average molecular weight is 696 g/mol. The fraction of sp³-hybridized carbons (Fsp3) is 0.472. The molecule has 1 N–H and O–H groups in total. The van der Waals surface area contributed by atoms with Gasteiger partial charge in [-0.15, -0.1) is 0 Å². The van der Waals surface area contributed by atoms with Crippen LogP contribution in [0.25, 0.3) is 11.1 Å². The number of ketones is 1. The number of carbonyl (C=O) groups excluding carboxylic acids is 2. The molecular formula is C36H40F7N3O3. The number of piperidine rings is 1. The molecule has 1 unspecified atom stereocenters. The van der Waals surface area contributed by atoms with E-state index in [-0.39, 0.29) is 23.4 Å². The first kappa shape index (κ1) is 37.7. The molecule has 0 bridgehead atoms. The monoisotopic (exact) mass is 695 g/mol. The summed E-state index contributed by atoms with van der Waals surface area (Å²) < 4.78 is 101. The van der Waals surface area contributed by atoms with Crippen LogP contribution in [0.15, 0.2) is 48.7 Å². The Morgan fingerprint density at radius 3 is 2.12 bits per heavy atom. The van der Waals surface area contributed by atoms with Gasteiger partial charge in [0.05, 0.1) is 41.6 Å². The number of aryl methyl sites for hydroxylation is 1. The van der Waals surface area contributed by atoms with Gasteiger partial charge in [-0.3, -0.25) is 9.59 Å². The third-order valence-electron chi connectivity index (χ3n) is 9.31. The lowest BCUT2D eigenvalue weighted by molar-refractivity contribution is -0.146. The molecule has 3 aromatic rings. The molecule has 49 heavy (non-hydrogen) atoms. The minimum atomic E-state index is -5.06. The van der Waals surface area contributed by atoms with Crippen molar-refractivity contribution in [2.45, 2.75) is 72.2 Å². The molecule has 1 aliphatic rings. The van der Waals surface area contributed by atoms with E-state index in [2.05, 4.69) is 29.0 Å². The molecule has 2 aromatic carbocycles. The molecule has 6 nitrogen and oxygen atoms in total. The van der Waals surface area contributed by atoms with Crippen molar-refractivity contribution in [2.24, 2.45) is 11.3 Å². The number of rotatable bonds is 10. The quantitative estimate of drug-likeness (QED) is 0.169. The number of pyridine rings is 1. The Labute approximate surface area is 281 Å². The predicted octanol–water partition coefficient (Wildman–Crippen LogP) is 9.00. The lowest BCUT2D eigenvalue weighted by atomic mass is 9.72. The van der Waals surface area contributed by atoms with E-state index < -0.39 is 52.6 Å². The van der Waals surface area contributed by atoms with Crippen LogP contribution in [0.2, 0.25) is 0 Å². The summed E-state index contributed by atoms with van der Waals surface area (Å²) in [5.41, 5.74) is -3.32. The van der Waals surface area contributed by atoms with Crippen LogP contribution in [0.1, 0.15) is 69.7 Å². The SMILES string of the molecule is CCOC(=O)CC1CCN(c2cc(-c3ccc(F)cc3C)c(NCC(=O)C(C)(C)c3cc(C(F)(F)F)cc(C(F)(F)F)c3)cn2)CC1(C)C. The summed E-state index contributed by atoms with van der Waals surface area (Å²) in [6.07, 6.45) is -7.62. The number of halogens is 7. The van der Waals surface area contributed by atoms with E-state index in [0.717, 1.165) is 0 Å². The Balaban J connectivity index is 1.64. The minimum Gasteiger partial charge on any atom is -0.466 e. The molecule has 1 aliphatic heterocycles. The van der Waals surface area contributed by atoms with E-state index in [0.29, 0.717) is 72.9 Å². The Hall–Kier alpha value is -4.16. The lowest BCUT2D eigenvalue weighted by Crippen LogP contribution is -2.46. The highest BCUT2D eigenvalue weighted by Gasteiger charge is 2.41. The van der Waals surface area contributed by atoms with Crippen LogP contribution in [-0.2, 0) is 32.1 Å². The molecule has 1 atom stereocenters. The number of esters is 1. The normalized spacial score (nSPS) is 16.8. The molecular weight excluding hydrogens is 655 g/mol. The van der Waals surface area contributed by atoms with Gasteiger partial charge >= 0.3 is 18.3 Å². The predicted molar refractivity (Wildman–Crippen MR) is 173 cm³/mol. The Morgan fingerprint density at radius 1 is 0.959 bits per heavy atom. The van der Waals surface area contributed by atoms with Crippen LogP contribution < -0.4 is 10.2 Å². The van der Waals surface area contributed by atoms with Gasteiger partial charge in [-0.2, -0.15) is 26.3 Å². The average Bonchev–Trinajstić information content (AvgIpc) is 2.99. The largest absolute Gasteiger partial charge is 0.466 e. The first-order chi connectivity index (χ1) is 22.6. The maximum atomic E-state index is 14.1. The summed E-state index contributed by atoms with van der Waals surface area (Å²) in [4.78, 5) is 32.4. The highest BCUT2D eigenvalue weighted by Crippen LogP contribution is 2.42. The van der Waals surface area contributed by atoms with Crippen LogP contribution in [0.3, 0.4) is 0 Å². The zero-order valence-electron chi connectivity index (χ0n) is 28.2. The van der Waals surface area contributed by atoms with Gasteiger partial charge < -0.3 is 15.0 Å². The number of nitrogens with zero attached hydrogens (tertiary/aromatic N) is 2. The molecule has 1 aromatic heterocycles. The molecule has 2 heterocycles. The zero-order valence-corrected chi connectivity index (χ0v) is 28.2. The highest BCUT2D eigenvalue weighted by molar-refractivity contribution is 5.94. The van der Waals surface area contributed by atoms with Gasteiger partial charge in [-0.05, 0) is 98.5 Å². The summed E-state index contributed by atoms with van der Waals surface area (Å²) in [5, 5.41) is 2.99.